The van der Waals surface area contributed by atoms with Crippen LogP contribution in [0.1, 0.15) is 5.56 Å². The minimum absolute atomic E-state index is 0.118. The van der Waals surface area contributed by atoms with Gasteiger partial charge in [-0.25, -0.2) is 0 Å². The van der Waals surface area contributed by atoms with E-state index in [1.165, 1.54) is 6.20 Å². The number of halogens is 3. The van der Waals surface area contributed by atoms with E-state index in [2.05, 4.69) is 4.98 Å². The number of nitrogens with zero attached hydrogens (tertiary/aromatic N) is 1. The second kappa shape index (κ2) is 5.33. The Morgan fingerprint density at radius 3 is 2.33 bits per heavy atom. The van der Waals surface area contributed by atoms with Gasteiger partial charge >= 0.3 is 0 Å². The molecule has 1 aromatic carbocycles. The lowest BCUT2D eigenvalue weighted by atomic mass is 10.1. The summed E-state index contributed by atoms with van der Waals surface area (Å²) >= 11 is 17.9. The third-order valence-corrected chi connectivity index (χ3v) is 3.46. The van der Waals surface area contributed by atoms with Crippen LogP contribution in [0.4, 0.5) is 5.69 Å². The van der Waals surface area contributed by atoms with Crippen LogP contribution in [0.5, 0.6) is 0 Å². The van der Waals surface area contributed by atoms with E-state index in [4.69, 9.17) is 45.6 Å². The molecule has 1 heterocycles. The molecular formula is C12H9Cl3N2O. The first kappa shape index (κ1) is 13.4. The Balaban J connectivity index is 2.58. The average molecular weight is 304 g/mol. The van der Waals surface area contributed by atoms with Gasteiger partial charge in [-0.2, -0.15) is 0 Å². The second-order valence-corrected chi connectivity index (χ2v) is 4.91. The topological polar surface area (TPSA) is 59.1 Å². The summed E-state index contributed by atoms with van der Waals surface area (Å²) in [7, 11) is 0. The van der Waals surface area contributed by atoms with E-state index in [1.807, 2.05) is 0 Å². The summed E-state index contributed by atoms with van der Waals surface area (Å²) in [5.74, 6) is 0. The number of aromatic nitrogens is 1. The zero-order chi connectivity index (χ0) is 13.3. The molecule has 0 amide bonds. The Labute approximate surface area is 119 Å². The molecule has 0 atom stereocenters. The molecule has 2 aromatic rings. The fourth-order valence-electron chi connectivity index (χ4n) is 1.54. The molecular weight excluding hydrogens is 295 g/mol. The number of rotatable bonds is 2. The highest BCUT2D eigenvalue weighted by atomic mass is 35.5. The molecule has 1 aromatic heterocycles. The van der Waals surface area contributed by atoms with Crippen molar-refractivity contribution in [3.63, 3.8) is 0 Å². The molecule has 0 radical (unpaired) electrons. The number of hydrogen-bond acceptors (Lipinski definition) is 3. The summed E-state index contributed by atoms with van der Waals surface area (Å²) in [6, 6.07) is 4.80. The van der Waals surface area contributed by atoms with E-state index in [0.717, 1.165) is 0 Å². The van der Waals surface area contributed by atoms with Gasteiger partial charge in [-0.1, -0.05) is 34.8 Å². The number of pyridine rings is 1. The molecule has 0 spiro atoms. The SMILES string of the molecule is Nc1cc(CO)cnc1-c1cc(Cl)c(Cl)cc1Cl. The van der Waals surface area contributed by atoms with E-state index < -0.39 is 0 Å². The normalized spacial score (nSPS) is 10.7. The smallest absolute Gasteiger partial charge is 0.0946 e. The van der Waals surface area contributed by atoms with Gasteiger partial charge in [0.25, 0.3) is 0 Å². The molecule has 0 fully saturated rings. The predicted molar refractivity (Wildman–Crippen MR) is 75.0 cm³/mol. The fraction of sp³-hybridized carbons (Fsp3) is 0.0833. The van der Waals surface area contributed by atoms with Crippen molar-refractivity contribution >= 4 is 40.5 Å². The summed E-state index contributed by atoms with van der Waals surface area (Å²) < 4.78 is 0. The zero-order valence-corrected chi connectivity index (χ0v) is 11.4. The maximum absolute atomic E-state index is 9.00. The van der Waals surface area contributed by atoms with Gasteiger partial charge in [-0.15, -0.1) is 0 Å². The average Bonchev–Trinajstić information content (AvgIpc) is 2.34. The van der Waals surface area contributed by atoms with Crippen LogP contribution < -0.4 is 5.73 Å². The van der Waals surface area contributed by atoms with Crippen LogP contribution in [0, 0.1) is 0 Å². The minimum atomic E-state index is -0.118. The van der Waals surface area contributed by atoms with Gasteiger partial charge in [-0.3, -0.25) is 4.98 Å². The summed E-state index contributed by atoms with van der Waals surface area (Å²) in [5, 5.41) is 10.2. The molecule has 0 aliphatic heterocycles. The first-order chi connectivity index (χ1) is 8.52. The predicted octanol–water partition coefficient (Wildman–Crippen LogP) is 3.78. The molecule has 3 N–H and O–H groups in total. The van der Waals surface area contributed by atoms with E-state index in [1.54, 1.807) is 18.2 Å². The van der Waals surface area contributed by atoms with Crippen molar-refractivity contribution in [1.82, 2.24) is 4.98 Å². The molecule has 18 heavy (non-hydrogen) atoms. The molecule has 2 rings (SSSR count). The molecule has 0 saturated carbocycles. The van der Waals surface area contributed by atoms with Gasteiger partial charge in [0.05, 0.1) is 33.1 Å². The largest absolute Gasteiger partial charge is 0.397 e. The first-order valence-electron chi connectivity index (χ1n) is 5.03. The molecule has 94 valence electrons. The van der Waals surface area contributed by atoms with Crippen LogP contribution in [0.25, 0.3) is 11.3 Å². The van der Waals surface area contributed by atoms with E-state index in [9.17, 15) is 0 Å². The number of nitrogen functional groups attached to an aromatic ring is 1. The van der Waals surface area contributed by atoms with Crippen LogP contribution in [-0.4, -0.2) is 10.1 Å². The molecule has 0 unspecified atom stereocenters. The maximum Gasteiger partial charge on any atom is 0.0946 e. The number of aliphatic hydroxyl groups excluding tert-OH is 1. The van der Waals surface area contributed by atoms with Crippen molar-refractivity contribution < 1.29 is 5.11 Å². The first-order valence-corrected chi connectivity index (χ1v) is 6.16. The summed E-state index contributed by atoms with van der Waals surface area (Å²) in [6.07, 6.45) is 1.53. The highest BCUT2D eigenvalue weighted by Gasteiger charge is 2.12. The molecule has 0 aliphatic rings. The molecule has 3 nitrogen and oxygen atoms in total. The number of benzene rings is 1. The van der Waals surface area contributed by atoms with Gasteiger partial charge in [0.2, 0.25) is 0 Å². The van der Waals surface area contributed by atoms with Crippen molar-refractivity contribution in [3.05, 3.63) is 45.0 Å². The summed E-state index contributed by atoms with van der Waals surface area (Å²) in [5.41, 5.74) is 8.04. The monoisotopic (exact) mass is 302 g/mol. The van der Waals surface area contributed by atoms with E-state index in [0.29, 0.717) is 37.6 Å². The molecule has 0 aliphatic carbocycles. The van der Waals surface area contributed by atoms with Crippen molar-refractivity contribution in [2.45, 2.75) is 6.61 Å². The third-order valence-electron chi connectivity index (χ3n) is 2.42. The molecule has 0 saturated heterocycles. The number of aliphatic hydroxyl groups is 1. The number of anilines is 1. The summed E-state index contributed by atoms with van der Waals surface area (Å²) in [4.78, 5) is 4.18. The Kier molecular flexibility index (Phi) is 3.97. The number of hydrogen-bond donors (Lipinski definition) is 2. The van der Waals surface area contributed by atoms with Crippen molar-refractivity contribution in [3.8, 4) is 11.3 Å². The lowest BCUT2D eigenvalue weighted by molar-refractivity contribution is 0.281. The van der Waals surface area contributed by atoms with Gasteiger partial charge in [0.15, 0.2) is 0 Å². The maximum atomic E-state index is 9.00. The van der Waals surface area contributed by atoms with E-state index >= 15 is 0 Å². The highest BCUT2D eigenvalue weighted by Crippen LogP contribution is 2.36. The van der Waals surface area contributed by atoms with Crippen molar-refractivity contribution in [1.29, 1.82) is 0 Å². The van der Waals surface area contributed by atoms with Gasteiger partial charge in [0.1, 0.15) is 0 Å². The van der Waals surface area contributed by atoms with Crippen LogP contribution in [0.2, 0.25) is 15.1 Å². The minimum Gasteiger partial charge on any atom is -0.397 e. The van der Waals surface area contributed by atoms with Crippen LogP contribution in [-0.2, 0) is 6.61 Å². The lowest BCUT2D eigenvalue weighted by Gasteiger charge is -2.09. The van der Waals surface area contributed by atoms with E-state index in [-0.39, 0.29) is 6.61 Å². The quantitative estimate of drug-likeness (QED) is 0.830. The van der Waals surface area contributed by atoms with Gasteiger partial charge in [0, 0.05) is 11.8 Å². The standard InChI is InChI=1S/C12H9Cl3N2O/c13-8-3-10(15)9(14)2-7(8)12-11(16)1-6(5-18)4-17-12/h1-4,18H,5,16H2. The molecule has 0 bridgehead atoms. The Bertz CT molecular complexity index is 602. The number of nitrogens with two attached hydrogens (primary N) is 1. The summed E-state index contributed by atoms with van der Waals surface area (Å²) in [6.45, 7) is -0.118. The van der Waals surface area contributed by atoms with Crippen LogP contribution in [0.15, 0.2) is 24.4 Å². The Morgan fingerprint density at radius 2 is 1.72 bits per heavy atom. The lowest BCUT2D eigenvalue weighted by Crippen LogP contribution is -1.97. The highest BCUT2D eigenvalue weighted by molar-refractivity contribution is 6.44. The van der Waals surface area contributed by atoms with Crippen LogP contribution >= 0.6 is 34.8 Å². The Morgan fingerprint density at radius 1 is 1.06 bits per heavy atom. The van der Waals surface area contributed by atoms with Gasteiger partial charge in [-0.05, 0) is 23.8 Å². The zero-order valence-electron chi connectivity index (χ0n) is 9.12. The van der Waals surface area contributed by atoms with Crippen LogP contribution in [0.3, 0.4) is 0 Å². The molecule has 6 heteroatoms. The van der Waals surface area contributed by atoms with Crippen molar-refractivity contribution in [2.75, 3.05) is 5.73 Å². The van der Waals surface area contributed by atoms with Crippen molar-refractivity contribution in [2.24, 2.45) is 0 Å². The Hall–Kier alpha value is -1.000. The second-order valence-electron chi connectivity index (χ2n) is 3.69. The fourth-order valence-corrected chi connectivity index (χ4v) is 2.18. The third kappa shape index (κ3) is 2.54. The van der Waals surface area contributed by atoms with Gasteiger partial charge < -0.3 is 10.8 Å².